The molecule has 0 aromatic heterocycles. The monoisotopic (exact) mass is 394 g/mol. The quantitative estimate of drug-likeness (QED) is 0.538. The number of rotatable bonds is 2. The molecule has 2 heteroatoms. The Hall–Kier alpha value is -0.920. The van der Waals surface area contributed by atoms with Gasteiger partial charge in [0.1, 0.15) is 0 Å². The molecule has 5 atom stereocenters. The topological polar surface area (TPSA) is 6.48 Å². The molecule has 160 valence electrons. The Balaban J connectivity index is 1.37. The highest BCUT2D eigenvalue weighted by Crippen LogP contribution is 2.66. The largest absolute Gasteiger partial charge is 0.373 e. The van der Waals surface area contributed by atoms with Gasteiger partial charge in [-0.05, 0) is 105 Å². The number of nitrogens with zero attached hydrogens (tertiary/aromatic N) is 2. The fourth-order valence-corrected chi connectivity index (χ4v) is 8.98. The molecule has 0 N–H and O–H groups in total. The van der Waals surface area contributed by atoms with Gasteiger partial charge >= 0.3 is 0 Å². The van der Waals surface area contributed by atoms with Crippen LogP contribution in [0.25, 0.3) is 0 Å². The van der Waals surface area contributed by atoms with E-state index in [0.29, 0.717) is 10.8 Å². The maximum Gasteiger partial charge on any atom is 0.0561 e. The number of fused-ring (bicyclic) bond motifs is 5. The van der Waals surface area contributed by atoms with E-state index in [-0.39, 0.29) is 0 Å². The molecule has 6 aliphatic rings. The minimum Gasteiger partial charge on any atom is -0.373 e. The molecule has 2 nitrogen and oxygen atoms in total. The van der Waals surface area contributed by atoms with Crippen LogP contribution in [0.3, 0.4) is 0 Å². The highest BCUT2D eigenvalue weighted by atomic mass is 15.2. The van der Waals surface area contributed by atoms with Crippen LogP contribution in [-0.2, 0) is 0 Å². The number of hydrogen-bond acceptors (Lipinski definition) is 2. The Labute approximate surface area is 178 Å². The third kappa shape index (κ3) is 2.79. The fourth-order valence-electron chi connectivity index (χ4n) is 8.98. The molecule has 3 saturated carbocycles. The zero-order chi connectivity index (χ0) is 19.6. The molecular weight excluding hydrogens is 352 g/mol. The van der Waals surface area contributed by atoms with E-state index in [0.717, 1.165) is 17.8 Å². The Morgan fingerprint density at radius 1 is 0.793 bits per heavy atom. The lowest BCUT2D eigenvalue weighted by Crippen LogP contribution is -2.50. The van der Waals surface area contributed by atoms with Crippen LogP contribution in [0.4, 0.5) is 0 Å². The molecule has 0 unspecified atom stereocenters. The second kappa shape index (κ2) is 6.79. The zero-order valence-electron chi connectivity index (χ0n) is 19.0. The molecule has 5 fully saturated rings. The summed E-state index contributed by atoms with van der Waals surface area (Å²) < 4.78 is 0. The van der Waals surface area contributed by atoms with Crippen LogP contribution in [0.1, 0.15) is 90.9 Å². The second-order valence-corrected chi connectivity index (χ2v) is 12.0. The lowest BCUT2D eigenvalue weighted by Gasteiger charge is -2.58. The van der Waals surface area contributed by atoms with Crippen LogP contribution in [0.15, 0.2) is 23.0 Å². The van der Waals surface area contributed by atoms with Crippen molar-refractivity contribution in [3.63, 3.8) is 0 Å². The number of hydrogen-bond donors (Lipinski definition) is 0. The summed E-state index contributed by atoms with van der Waals surface area (Å²) in [4.78, 5) is 5.56. The molecule has 2 saturated heterocycles. The third-order valence-electron chi connectivity index (χ3n) is 10.6. The normalized spacial score (nSPS) is 44.6. The van der Waals surface area contributed by atoms with Crippen molar-refractivity contribution in [2.24, 2.45) is 28.6 Å². The first-order chi connectivity index (χ1) is 14.1. The van der Waals surface area contributed by atoms with E-state index < -0.39 is 0 Å². The molecule has 0 spiro atoms. The molecule has 2 heterocycles. The van der Waals surface area contributed by atoms with Crippen molar-refractivity contribution in [3.8, 4) is 0 Å². The molecule has 0 amide bonds. The molecular formula is C27H42N2. The van der Waals surface area contributed by atoms with Gasteiger partial charge in [0.15, 0.2) is 0 Å². The van der Waals surface area contributed by atoms with Crippen LogP contribution < -0.4 is 0 Å². The molecule has 0 radical (unpaired) electrons. The highest BCUT2D eigenvalue weighted by Gasteiger charge is 2.56. The summed E-state index contributed by atoms with van der Waals surface area (Å²) in [6.07, 6.45) is 20.1. The van der Waals surface area contributed by atoms with E-state index >= 15 is 0 Å². The maximum absolute atomic E-state index is 2.80. The van der Waals surface area contributed by atoms with Crippen molar-refractivity contribution in [2.75, 3.05) is 26.2 Å². The van der Waals surface area contributed by atoms with Gasteiger partial charge in [-0.25, -0.2) is 0 Å². The standard InChI is InChI=1S/C27H42N2/c1-26-12-7-8-22(26)21-10-9-20-18-24(28-14-3-4-15-28)25(29-16-5-6-17-29)19-27(20,2)23(21)11-13-26/h18,21-23H,3-17,19H2,1-2H3/t21-,22-,23-,26-,27-/m0/s1. The van der Waals surface area contributed by atoms with Gasteiger partial charge in [0, 0.05) is 31.9 Å². The third-order valence-corrected chi connectivity index (χ3v) is 10.6. The smallest absolute Gasteiger partial charge is 0.0561 e. The van der Waals surface area contributed by atoms with Crippen LogP contribution in [0.2, 0.25) is 0 Å². The average molecular weight is 395 g/mol. The lowest BCUT2D eigenvalue weighted by atomic mass is 9.47. The van der Waals surface area contributed by atoms with Gasteiger partial charge in [-0.1, -0.05) is 25.8 Å². The van der Waals surface area contributed by atoms with E-state index in [1.165, 1.54) is 103 Å². The fraction of sp³-hybridized carbons (Fsp3) is 0.852. The summed E-state index contributed by atoms with van der Waals surface area (Å²) in [6.45, 7) is 10.5. The van der Waals surface area contributed by atoms with Gasteiger partial charge in [-0.2, -0.15) is 0 Å². The molecule has 4 aliphatic carbocycles. The van der Waals surface area contributed by atoms with E-state index in [1.54, 1.807) is 11.4 Å². The van der Waals surface area contributed by atoms with E-state index in [1.807, 2.05) is 5.57 Å². The Morgan fingerprint density at radius 3 is 2.28 bits per heavy atom. The van der Waals surface area contributed by atoms with E-state index in [4.69, 9.17) is 0 Å². The van der Waals surface area contributed by atoms with Gasteiger partial charge in [-0.15, -0.1) is 0 Å². The molecule has 0 aromatic rings. The van der Waals surface area contributed by atoms with Crippen molar-refractivity contribution in [2.45, 2.75) is 90.9 Å². The summed E-state index contributed by atoms with van der Waals surface area (Å²) >= 11 is 0. The summed E-state index contributed by atoms with van der Waals surface area (Å²) in [7, 11) is 0. The van der Waals surface area contributed by atoms with Gasteiger partial charge in [0.2, 0.25) is 0 Å². The maximum atomic E-state index is 2.80. The minimum atomic E-state index is 0.438. The molecule has 6 rings (SSSR count). The van der Waals surface area contributed by atoms with Gasteiger partial charge in [-0.3, -0.25) is 0 Å². The Bertz CT molecular complexity index is 723. The van der Waals surface area contributed by atoms with Crippen molar-refractivity contribution >= 4 is 0 Å². The Kier molecular flexibility index (Phi) is 4.41. The summed E-state index contributed by atoms with van der Waals surface area (Å²) in [5.74, 6) is 2.97. The van der Waals surface area contributed by atoms with Gasteiger partial charge in [0.05, 0.1) is 5.70 Å². The summed E-state index contributed by atoms with van der Waals surface area (Å²) in [6, 6.07) is 0. The Morgan fingerprint density at radius 2 is 1.52 bits per heavy atom. The highest BCUT2D eigenvalue weighted by molar-refractivity contribution is 5.40. The minimum absolute atomic E-state index is 0.438. The average Bonchev–Trinajstić information content (AvgIpc) is 3.47. The van der Waals surface area contributed by atoms with E-state index in [2.05, 4.69) is 29.7 Å². The first-order valence-electron chi connectivity index (χ1n) is 13.0. The molecule has 0 aromatic carbocycles. The second-order valence-electron chi connectivity index (χ2n) is 12.0. The number of likely N-dealkylation sites (tertiary alicyclic amines) is 2. The molecule has 0 bridgehead atoms. The van der Waals surface area contributed by atoms with Gasteiger partial charge in [0.25, 0.3) is 0 Å². The molecule has 29 heavy (non-hydrogen) atoms. The lowest BCUT2D eigenvalue weighted by molar-refractivity contribution is -0.0335. The van der Waals surface area contributed by atoms with Crippen LogP contribution in [0.5, 0.6) is 0 Å². The zero-order valence-corrected chi connectivity index (χ0v) is 19.0. The SMILES string of the molecule is C[C@@]12CCC[C@H]1[C@@H]1CCC3=CC(N4CCCC4)=C(N4CCCC4)C[C@]3(C)[C@H]1CC2. The first kappa shape index (κ1) is 18.8. The van der Waals surface area contributed by atoms with Crippen molar-refractivity contribution in [1.82, 2.24) is 9.80 Å². The van der Waals surface area contributed by atoms with Crippen LogP contribution in [-0.4, -0.2) is 36.0 Å². The van der Waals surface area contributed by atoms with Crippen molar-refractivity contribution in [3.05, 3.63) is 23.0 Å². The van der Waals surface area contributed by atoms with E-state index in [9.17, 15) is 0 Å². The summed E-state index contributed by atoms with van der Waals surface area (Å²) in [5.41, 5.74) is 6.36. The predicted octanol–water partition coefficient (Wildman–Crippen LogP) is 6.35. The van der Waals surface area contributed by atoms with Crippen molar-refractivity contribution in [1.29, 1.82) is 0 Å². The predicted molar refractivity (Wildman–Crippen MR) is 120 cm³/mol. The van der Waals surface area contributed by atoms with Gasteiger partial charge < -0.3 is 9.80 Å². The summed E-state index contributed by atoms with van der Waals surface area (Å²) in [5, 5.41) is 0. The number of allylic oxidation sites excluding steroid dienone is 3. The first-order valence-corrected chi connectivity index (χ1v) is 13.0. The molecule has 2 aliphatic heterocycles. The van der Waals surface area contributed by atoms with Crippen LogP contribution in [0, 0.1) is 28.6 Å². The van der Waals surface area contributed by atoms with Crippen LogP contribution >= 0.6 is 0 Å². The van der Waals surface area contributed by atoms with Crippen molar-refractivity contribution < 1.29 is 0 Å².